The lowest BCUT2D eigenvalue weighted by atomic mass is 10.2. The van der Waals surface area contributed by atoms with Gasteiger partial charge in [0.2, 0.25) is 5.71 Å². The van der Waals surface area contributed by atoms with E-state index in [1.807, 2.05) is 18.7 Å². The predicted octanol–water partition coefficient (Wildman–Crippen LogP) is 1.22. The number of carbonyl (C=O) groups excluding carboxylic acids is 1. The van der Waals surface area contributed by atoms with Gasteiger partial charge in [-0.1, -0.05) is 0 Å². The number of furan rings is 1. The zero-order chi connectivity index (χ0) is 17.4. The molecule has 0 radical (unpaired) electrons. The number of urea groups is 1. The van der Waals surface area contributed by atoms with Gasteiger partial charge in [-0.15, -0.1) is 0 Å². The minimum absolute atomic E-state index is 0.0538. The second kappa shape index (κ2) is 6.27. The smallest absolute Gasteiger partial charge is 0.319 e. The number of anilines is 1. The van der Waals surface area contributed by atoms with Crippen LogP contribution in [0, 0.1) is 13.8 Å². The largest absolute Gasteiger partial charge is 0.443 e. The molecule has 0 bridgehead atoms. The molecule has 0 atom stereocenters. The van der Waals surface area contributed by atoms with Crippen molar-refractivity contribution in [2.45, 2.75) is 20.4 Å². The second-order valence-electron chi connectivity index (χ2n) is 6.43. The quantitative estimate of drug-likeness (QED) is 0.889. The Labute approximate surface area is 141 Å². The van der Waals surface area contributed by atoms with Crippen molar-refractivity contribution in [3.8, 4) is 0 Å². The van der Waals surface area contributed by atoms with Gasteiger partial charge < -0.3 is 20.0 Å². The first-order chi connectivity index (χ1) is 11.4. The standard InChI is InChI=1S/C16H24N6O2/c1-10-11(2)24-15-13(10)14(17)18-12(19-15)9-21-5-7-22(8-6-21)16(23)20(3)4/h5-9H2,1-4H3,(H2,17,18,19). The normalized spacial score (nSPS) is 15.9. The van der Waals surface area contributed by atoms with Crippen LogP contribution in [0.5, 0.6) is 0 Å². The average Bonchev–Trinajstić information content (AvgIpc) is 2.82. The molecule has 1 saturated heterocycles. The number of nitrogens with two attached hydrogens (primary N) is 1. The first kappa shape index (κ1) is 16.5. The zero-order valence-electron chi connectivity index (χ0n) is 14.7. The van der Waals surface area contributed by atoms with E-state index in [0.29, 0.717) is 37.0 Å². The maximum atomic E-state index is 12.0. The molecule has 3 rings (SSSR count). The van der Waals surface area contributed by atoms with Crippen molar-refractivity contribution in [1.82, 2.24) is 24.7 Å². The molecule has 1 aliphatic rings. The van der Waals surface area contributed by atoms with Crippen LogP contribution in [-0.2, 0) is 6.54 Å². The number of rotatable bonds is 2. The number of carbonyl (C=O) groups is 1. The van der Waals surface area contributed by atoms with Crippen LogP contribution >= 0.6 is 0 Å². The van der Waals surface area contributed by atoms with Crippen LogP contribution in [0.3, 0.4) is 0 Å². The van der Waals surface area contributed by atoms with Crippen LogP contribution in [-0.4, -0.2) is 71.0 Å². The summed E-state index contributed by atoms with van der Waals surface area (Å²) in [6.45, 7) is 7.44. The summed E-state index contributed by atoms with van der Waals surface area (Å²) in [6, 6.07) is 0.0538. The topological polar surface area (TPSA) is 91.7 Å². The van der Waals surface area contributed by atoms with Gasteiger partial charge in [0.1, 0.15) is 17.4 Å². The maximum Gasteiger partial charge on any atom is 0.319 e. The first-order valence-corrected chi connectivity index (χ1v) is 8.07. The number of hydrogen-bond donors (Lipinski definition) is 1. The monoisotopic (exact) mass is 332 g/mol. The van der Waals surface area contributed by atoms with Crippen molar-refractivity contribution in [1.29, 1.82) is 0 Å². The molecule has 0 spiro atoms. The minimum Gasteiger partial charge on any atom is -0.443 e. The first-order valence-electron chi connectivity index (χ1n) is 8.07. The highest BCUT2D eigenvalue weighted by Crippen LogP contribution is 2.27. The molecule has 0 unspecified atom stereocenters. The van der Waals surface area contributed by atoms with E-state index in [-0.39, 0.29) is 6.03 Å². The van der Waals surface area contributed by atoms with E-state index < -0.39 is 0 Å². The summed E-state index contributed by atoms with van der Waals surface area (Å²) < 4.78 is 5.68. The Bertz CT molecular complexity index is 762. The fourth-order valence-corrected chi connectivity index (χ4v) is 2.98. The molecule has 0 saturated carbocycles. The SMILES string of the molecule is Cc1oc2nc(CN3CCN(C(=O)N(C)C)CC3)nc(N)c2c1C. The van der Waals surface area contributed by atoms with E-state index in [4.69, 9.17) is 10.2 Å². The van der Waals surface area contributed by atoms with Crippen LogP contribution in [0.1, 0.15) is 17.1 Å². The van der Waals surface area contributed by atoms with Gasteiger partial charge in [0.15, 0.2) is 0 Å². The van der Waals surface area contributed by atoms with Gasteiger partial charge in [0, 0.05) is 45.8 Å². The van der Waals surface area contributed by atoms with Crippen molar-refractivity contribution in [3.63, 3.8) is 0 Å². The van der Waals surface area contributed by atoms with Gasteiger partial charge in [-0.05, 0) is 13.8 Å². The third-order valence-electron chi connectivity index (χ3n) is 4.49. The highest BCUT2D eigenvalue weighted by molar-refractivity contribution is 5.88. The van der Waals surface area contributed by atoms with Gasteiger partial charge in [0.25, 0.3) is 0 Å². The Morgan fingerprint density at radius 3 is 2.50 bits per heavy atom. The van der Waals surface area contributed by atoms with Gasteiger partial charge in [-0.2, -0.15) is 4.98 Å². The molecule has 24 heavy (non-hydrogen) atoms. The minimum atomic E-state index is 0.0538. The van der Waals surface area contributed by atoms with Gasteiger partial charge in [-0.25, -0.2) is 9.78 Å². The van der Waals surface area contributed by atoms with E-state index in [9.17, 15) is 4.79 Å². The molecule has 2 aromatic heterocycles. The molecule has 1 fully saturated rings. The summed E-state index contributed by atoms with van der Waals surface area (Å²) in [7, 11) is 3.54. The highest BCUT2D eigenvalue weighted by atomic mass is 16.3. The number of nitrogen functional groups attached to an aromatic ring is 1. The summed E-state index contributed by atoms with van der Waals surface area (Å²) >= 11 is 0. The van der Waals surface area contributed by atoms with Crippen LogP contribution in [0.15, 0.2) is 4.42 Å². The molecule has 0 aliphatic carbocycles. The Morgan fingerprint density at radius 2 is 1.88 bits per heavy atom. The highest BCUT2D eigenvalue weighted by Gasteiger charge is 2.23. The van der Waals surface area contributed by atoms with Gasteiger partial charge in [0.05, 0.1) is 11.9 Å². The lowest BCUT2D eigenvalue weighted by Gasteiger charge is -2.35. The Hall–Kier alpha value is -2.35. The van der Waals surface area contributed by atoms with Crippen LogP contribution in [0.4, 0.5) is 10.6 Å². The maximum absolute atomic E-state index is 12.0. The fraction of sp³-hybridized carbons (Fsp3) is 0.562. The molecule has 130 valence electrons. The Morgan fingerprint density at radius 1 is 1.21 bits per heavy atom. The van der Waals surface area contributed by atoms with Gasteiger partial charge >= 0.3 is 6.03 Å². The van der Waals surface area contributed by atoms with E-state index in [2.05, 4.69) is 14.9 Å². The van der Waals surface area contributed by atoms with Gasteiger partial charge in [-0.3, -0.25) is 4.90 Å². The molecule has 1 aliphatic heterocycles. The second-order valence-corrected chi connectivity index (χ2v) is 6.43. The number of nitrogens with zero attached hydrogens (tertiary/aromatic N) is 5. The summed E-state index contributed by atoms with van der Waals surface area (Å²) in [4.78, 5) is 26.6. The number of aryl methyl sites for hydroxylation is 2. The molecule has 8 heteroatoms. The molecule has 2 aromatic rings. The molecule has 2 N–H and O–H groups in total. The summed E-state index contributed by atoms with van der Waals surface area (Å²) in [5.74, 6) is 1.94. The van der Waals surface area contributed by atoms with Crippen molar-refractivity contribution >= 4 is 22.9 Å². The number of amides is 2. The van der Waals surface area contributed by atoms with Crippen LogP contribution in [0.25, 0.3) is 11.1 Å². The fourth-order valence-electron chi connectivity index (χ4n) is 2.98. The average molecular weight is 332 g/mol. The van der Waals surface area contributed by atoms with E-state index in [1.54, 1.807) is 19.0 Å². The number of aromatic nitrogens is 2. The van der Waals surface area contributed by atoms with E-state index in [1.165, 1.54) is 0 Å². The molecule has 3 heterocycles. The third kappa shape index (κ3) is 3.01. The van der Waals surface area contributed by atoms with Crippen molar-refractivity contribution < 1.29 is 9.21 Å². The number of hydrogen-bond acceptors (Lipinski definition) is 6. The lowest BCUT2D eigenvalue weighted by molar-refractivity contribution is 0.118. The molecular formula is C16H24N6O2. The van der Waals surface area contributed by atoms with Crippen LogP contribution < -0.4 is 5.73 Å². The molecule has 2 amide bonds. The lowest BCUT2D eigenvalue weighted by Crippen LogP contribution is -2.51. The number of fused-ring (bicyclic) bond motifs is 1. The summed E-state index contributed by atoms with van der Waals surface area (Å²) in [6.07, 6.45) is 0. The summed E-state index contributed by atoms with van der Waals surface area (Å²) in [5, 5.41) is 0.803. The molecule has 0 aromatic carbocycles. The number of piperazine rings is 1. The Kier molecular flexibility index (Phi) is 4.31. The van der Waals surface area contributed by atoms with Crippen molar-refractivity contribution in [2.75, 3.05) is 46.0 Å². The van der Waals surface area contributed by atoms with Crippen LogP contribution in [0.2, 0.25) is 0 Å². The summed E-state index contributed by atoms with van der Waals surface area (Å²) in [5.41, 5.74) is 7.62. The van der Waals surface area contributed by atoms with Crippen molar-refractivity contribution in [2.24, 2.45) is 0 Å². The zero-order valence-corrected chi connectivity index (χ0v) is 14.7. The molecule has 8 nitrogen and oxygen atoms in total. The van der Waals surface area contributed by atoms with E-state index in [0.717, 1.165) is 29.8 Å². The Balaban J connectivity index is 1.69. The van der Waals surface area contributed by atoms with E-state index >= 15 is 0 Å². The third-order valence-corrected chi connectivity index (χ3v) is 4.49. The molecular weight excluding hydrogens is 308 g/mol. The predicted molar refractivity (Wildman–Crippen MR) is 91.6 cm³/mol. The van der Waals surface area contributed by atoms with Crippen molar-refractivity contribution in [3.05, 3.63) is 17.1 Å².